The number of H-pyrrole nitrogens is 2. The Bertz CT molecular complexity index is 297. The van der Waals surface area contributed by atoms with Gasteiger partial charge in [0.1, 0.15) is 0 Å². The minimum atomic E-state index is -0.289. The largest absolute Gasteiger partial charge is 1.00 e. The molecular formula is C4H7N4NaOS. The van der Waals surface area contributed by atoms with Crippen LogP contribution in [0.3, 0.4) is 0 Å². The molecule has 7 heteroatoms. The van der Waals surface area contributed by atoms with Gasteiger partial charge in [-0.15, -0.1) is 0 Å². The fourth-order valence-corrected chi connectivity index (χ4v) is 0.701. The van der Waals surface area contributed by atoms with Crippen LogP contribution in [0.5, 0.6) is 0 Å². The number of hydrogen-bond acceptors (Lipinski definition) is 3. The number of nitrogens with one attached hydrogen (secondary N) is 3. The van der Waals surface area contributed by atoms with E-state index in [2.05, 4.69) is 20.7 Å². The zero-order valence-corrected chi connectivity index (χ0v) is 9.08. The molecule has 0 radical (unpaired) electrons. The van der Waals surface area contributed by atoms with E-state index in [1.165, 1.54) is 7.05 Å². The summed E-state index contributed by atoms with van der Waals surface area (Å²) in [6.07, 6.45) is 0. The van der Waals surface area contributed by atoms with E-state index in [9.17, 15) is 4.79 Å². The van der Waals surface area contributed by atoms with E-state index in [0.29, 0.717) is 4.64 Å². The summed E-state index contributed by atoms with van der Waals surface area (Å²) in [4.78, 5) is 10.8. The Kier molecular flexibility index (Phi) is 4.58. The summed E-state index contributed by atoms with van der Waals surface area (Å²) < 4.78 is 0.319. The van der Waals surface area contributed by atoms with Crippen LogP contribution in [-0.2, 0) is 0 Å². The summed E-state index contributed by atoms with van der Waals surface area (Å²) in [6.45, 7) is 0. The second-order valence-electron chi connectivity index (χ2n) is 1.61. The molecule has 5 nitrogen and oxygen atoms in total. The van der Waals surface area contributed by atoms with Gasteiger partial charge in [0.05, 0.1) is 0 Å². The van der Waals surface area contributed by atoms with Crippen LogP contribution >= 0.6 is 12.2 Å². The fourth-order valence-electron chi connectivity index (χ4n) is 0.517. The van der Waals surface area contributed by atoms with Crippen LogP contribution in [0, 0.1) is 4.64 Å². The van der Waals surface area contributed by atoms with Crippen LogP contribution in [0.2, 0.25) is 0 Å². The van der Waals surface area contributed by atoms with Gasteiger partial charge < -0.3 is 6.74 Å². The van der Waals surface area contributed by atoms with Crippen molar-refractivity contribution in [1.29, 1.82) is 0 Å². The second-order valence-corrected chi connectivity index (χ2v) is 2.01. The predicted molar refractivity (Wildman–Crippen MR) is 38.3 cm³/mol. The third-order valence-corrected chi connectivity index (χ3v) is 1.29. The first-order valence-electron chi connectivity index (χ1n) is 2.61. The minimum Gasteiger partial charge on any atom is -1.00 e. The van der Waals surface area contributed by atoms with E-state index in [1.54, 1.807) is 0 Å². The first-order chi connectivity index (χ1) is 4.75. The van der Waals surface area contributed by atoms with Crippen molar-refractivity contribution < 1.29 is 35.8 Å². The number of hydrogen-bond donors (Lipinski definition) is 3. The molecular weight excluding hydrogens is 175 g/mol. The topological polar surface area (TPSA) is 73.6 Å². The average Bonchev–Trinajstić information content (AvgIpc) is 2.34. The van der Waals surface area contributed by atoms with Gasteiger partial charge in [0.15, 0.2) is 10.3 Å². The van der Waals surface area contributed by atoms with Crippen LogP contribution in [0.1, 0.15) is 11.9 Å². The molecule has 0 atom stereocenters. The molecule has 0 bridgehead atoms. The van der Waals surface area contributed by atoms with Crippen LogP contribution in [0.15, 0.2) is 0 Å². The monoisotopic (exact) mass is 182 g/mol. The zero-order chi connectivity index (χ0) is 7.56. The second kappa shape index (κ2) is 4.66. The number of nitrogens with zero attached hydrogens (tertiary/aromatic N) is 1. The molecule has 0 fully saturated rings. The standard InChI is InChI=1S/C4H6N4OS.Na.H/c1-5-3(9)2-4(10)7-8-6-2;;/h1H3,(H,5,9)(H2,6,7,8,10);;/q;+1;-1. The molecule has 1 aromatic rings. The van der Waals surface area contributed by atoms with Crippen molar-refractivity contribution in [3.63, 3.8) is 0 Å². The normalized spacial score (nSPS) is 8.45. The summed E-state index contributed by atoms with van der Waals surface area (Å²) in [5.74, 6) is -0.289. The molecule has 0 aliphatic carbocycles. The maximum atomic E-state index is 10.8. The van der Waals surface area contributed by atoms with E-state index < -0.39 is 0 Å². The number of aromatic amines is 2. The molecule has 11 heavy (non-hydrogen) atoms. The van der Waals surface area contributed by atoms with Crippen LogP contribution in [-0.4, -0.2) is 28.4 Å². The van der Waals surface area contributed by atoms with Crippen molar-refractivity contribution in [3.8, 4) is 0 Å². The molecule has 1 aromatic heterocycles. The van der Waals surface area contributed by atoms with E-state index in [0.717, 1.165) is 0 Å². The Morgan fingerprint density at radius 1 is 1.82 bits per heavy atom. The van der Waals surface area contributed by atoms with Gasteiger partial charge in [-0.2, -0.15) is 5.10 Å². The Morgan fingerprint density at radius 2 is 2.45 bits per heavy atom. The molecule has 0 saturated carbocycles. The van der Waals surface area contributed by atoms with Gasteiger partial charge in [0, 0.05) is 7.05 Å². The van der Waals surface area contributed by atoms with Crippen LogP contribution in [0.25, 0.3) is 0 Å². The number of aromatic nitrogens is 3. The van der Waals surface area contributed by atoms with Crippen molar-refractivity contribution >= 4 is 18.1 Å². The van der Waals surface area contributed by atoms with Crippen molar-refractivity contribution in [2.24, 2.45) is 0 Å². The number of amides is 1. The molecule has 0 aromatic carbocycles. The number of carbonyl (C=O) groups is 1. The quantitative estimate of drug-likeness (QED) is 0.319. The van der Waals surface area contributed by atoms with E-state index >= 15 is 0 Å². The zero-order valence-electron chi connectivity index (χ0n) is 7.26. The van der Waals surface area contributed by atoms with Crippen molar-refractivity contribution in [3.05, 3.63) is 10.3 Å². The first kappa shape index (κ1) is 10.8. The van der Waals surface area contributed by atoms with Gasteiger partial charge in [-0.05, 0) is 0 Å². The first-order valence-corrected chi connectivity index (χ1v) is 3.01. The van der Waals surface area contributed by atoms with Gasteiger partial charge in [-0.25, -0.2) is 5.21 Å². The predicted octanol–water partition coefficient (Wildman–Crippen LogP) is -3.06. The summed E-state index contributed by atoms with van der Waals surface area (Å²) in [7, 11) is 1.52. The van der Waals surface area contributed by atoms with E-state index in [-0.39, 0.29) is 42.6 Å². The third kappa shape index (κ3) is 2.41. The molecule has 0 unspecified atom stereocenters. The molecule has 1 amide bonds. The number of carbonyl (C=O) groups excluding carboxylic acids is 1. The summed E-state index contributed by atoms with van der Waals surface area (Å²) in [5, 5.41) is 10.9. The Morgan fingerprint density at radius 3 is 2.82 bits per heavy atom. The van der Waals surface area contributed by atoms with Crippen molar-refractivity contribution in [2.45, 2.75) is 0 Å². The van der Waals surface area contributed by atoms with Crippen LogP contribution < -0.4 is 34.9 Å². The maximum Gasteiger partial charge on any atom is 1.00 e. The SMILES string of the molecule is CNC(=O)c1n[nH][nH]c1=S.[H-].[Na+]. The summed E-state index contributed by atoms with van der Waals surface area (Å²) in [6, 6.07) is 0. The van der Waals surface area contributed by atoms with Gasteiger partial charge in [-0.3, -0.25) is 9.89 Å². The molecule has 0 spiro atoms. The summed E-state index contributed by atoms with van der Waals surface area (Å²) in [5.41, 5.74) is 0.220. The molecule has 3 N–H and O–H groups in total. The smallest absolute Gasteiger partial charge is 1.00 e. The fraction of sp³-hybridized carbons (Fsp3) is 0.250. The average molecular weight is 182 g/mol. The van der Waals surface area contributed by atoms with Gasteiger partial charge in [-0.1, -0.05) is 12.2 Å². The summed E-state index contributed by atoms with van der Waals surface area (Å²) >= 11 is 4.72. The van der Waals surface area contributed by atoms with E-state index in [4.69, 9.17) is 12.2 Å². The number of rotatable bonds is 1. The van der Waals surface area contributed by atoms with Gasteiger partial charge >= 0.3 is 29.6 Å². The van der Waals surface area contributed by atoms with Crippen molar-refractivity contribution in [1.82, 2.24) is 20.7 Å². The van der Waals surface area contributed by atoms with Gasteiger partial charge in [0.25, 0.3) is 5.91 Å². The molecule has 56 valence electrons. The van der Waals surface area contributed by atoms with Gasteiger partial charge in [0.2, 0.25) is 0 Å². The third-order valence-electron chi connectivity index (χ3n) is 0.994. The Hall–Kier alpha value is -0.170. The molecule has 0 saturated heterocycles. The maximum absolute atomic E-state index is 10.8. The Labute approximate surface area is 91.7 Å². The van der Waals surface area contributed by atoms with Crippen molar-refractivity contribution in [2.75, 3.05) is 7.05 Å². The molecule has 1 rings (SSSR count). The minimum absolute atomic E-state index is 0. The molecule has 1 heterocycles. The molecule has 0 aliphatic heterocycles. The van der Waals surface area contributed by atoms with Crippen LogP contribution in [0.4, 0.5) is 0 Å². The Balaban J connectivity index is 0. The molecule has 0 aliphatic rings. The van der Waals surface area contributed by atoms with E-state index in [1.807, 2.05) is 0 Å².